The molecule has 0 N–H and O–H groups in total. The van der Waals surface area contributed by atoms with Gasteiger partial charge in [-0.15, -0.1) is 0 Å². The topological polar surface area (TPSA) is 155 Å². The van der Waals surface area contributed by atoms with E-state index in [-0.39, 0.29) is 65.0 Å². The van der Waals surface area contributed by atoms with E-state index in [2.05, 4.69) is 291 Å². The third-order valence-electron chi connectivity index (χ3n) is 21.1. The van der Waals surface area contributed by atoms with E-state index < -0.39 is 0 Å². The third-order valence-corrected chi connectivity index (χ3v) is 21.1. The fraction of sp³-hybridized carbons (Fsp3) is 0.677. The molecule has 1 aromatic carbocycles. The van der Waals surface area contributed by atoms with Crippen LogP contribution in [0.4, 0.5) is 0 Å². The highest BCUT2D eigenvalue weighted by Crippen LogP contribution is 2.53. The summed E-state index contributed by atoms with van der Waals surface area (Å²) in [4.78, 5) is 25.9. The SMILES string of the molecule is CC.CC.CC.CC.CC.CC.CC.CC1(C)CC(C)(C)c2ccccc21.CC1(C)CC(C)(C)c2cnncc21.CC1(C)CC(C)(C)c2nccnc21.CC1(C)CC(C)(C)c2ncncc21.CC1(C)CC(C)(C)c2ncncc21.CC1(C)CC(C)(C)c2nnccc21.CC1(C)CC(C)(C)c2nnccc21. The molecular formula is C93H156N12. The van der Waals surface area contributed by atoms with Crippen molar-refractivity contribution >= 4 is 0 Å². The van der Waals surface area contributed by atoms with Crippen LogP contribution in [0.2, 0.25) is 0 Å². The maximum Gasteiger partial charge on any atom is 0.115 e. The number of rotatable bonds is 0. The van der Waals surface area contributed by atoms with Gasteiger partial charge < -0.3 is 0 Å². The summed E-state index contributed by atoms with van der Waals surface area (Å²) in [5, 5.41) is 24.4. The van der Waals surface area contributed by atoms with Gasteiger partial charge in [0.2, 0.25) is 0 Å². The normalized spacial score (nSPS) is 20.1. The number of hydrogen-bond donors (Lipinski definition) is 0. The summed E-state index contributed by atoms with van der Waals surface area (Å²) in [7, 11) is 0. The number of hydrogen-bond acceptors (Lipinski definition) is 12. The van der Waals surface area contributed by atoms with E-state index in [0.717, 1.165) is 32.1 Å². The van der Waals surface area contributed by atoms with Crippen LogP contribution in [0.1, 0.15) is 414 Å². The summed E-state index contributed by atoms with van der Waals surface area (Å²) in [6, 6.07) is 13.1. The summed E-state index contributed by atoms with van der Waals surface area (Å²) >= 11 is 0. The zero-order valence-corrected chi connectivity index (χ0v) is 75.6. The van der Waals surface area contributed by atoms with Crippen LogP contribution in [-0.4, -0.2) is 60.5 Å². The van der Waals surface area contributed by atoms with Gasteiger partial charge in [-0.3, -0.25) is 9.97 Å². The van der Waals surface area contributed by atoms with E-state index in [4.69, 9.17) is 0 Å². The van der Waals surface area contributed by atoms with Crippen LogP contribution in [0.3, 0.4) is 0 Å². The Morgan fingerprint density at radius 1 is 0.200 bits per heavy atom. The van der Waals surface area contributed by atoms with Crippen molar-refractivity contribution in [3.05, 3.63) is 177 Å². The molecule has 0 amide bonds. The standard InChI is InChI=1S/C13H18.6C11H16N2.7C2H6/c1-12(2)9-13(3,4)11-8-6-5-7-10(11)12;2*1-10(2)6-11(3,4)9-8(10)5-12-7-13-9;1-10(2)7-11(3,4)9-6-13-12-5-8(9)10;1-10(2)7-11(3,4)9-8(10)12-5-6-13-9;2*1-10(2)7-11(3,4)9-8(10)5-6-12-13-9;7*1-2/h5-8H,9H2,1-4H3;2*5,7H,6H2,1-4H3;4*5-6H,7H2,1-4H3;7*1-2H3. The van der Waals surface area contributed by atoms with Gasteiger partial charge in [0.1, 0.15) is 12.7 Å². The Morgan fingerprint density at radius 3 is 0.705 bits per heavy atom. The Labute approximate surface area is 645 Å². The largest absolute Gasteiger partial charge is 0.257 e. The second-order valence-electron chi connectivity index (χ2n) is 36.9. The number of fused-ring (bicyclic) bond motifs is 7. The maximum absolute atomic E-state index is 4.45. The molecule has 0 radical (unpaired) electrons. The zero-order valence-electron chi connectivity index (χ0n) is 75.6. The highest BCUT2D eigenvalue weighted by atomic mass is 15.1. The van der Waals surface area contributed by atoms with E-state index in [9.17, 15) is 0 Å². The first-order valence-corrected chi connectivity index (χ1v) is 40.5. The Balaban J connectivity index is 0.000000595. The highest BCUT2D eigenvalue weighted by Gasteiger charge is 2.49. The van der Waals surface area contributed by atoms with Gasteiger partial charge in [0.15, 0.2) is 0 Å². The molecule has 12 heteroatoms. The highest BCUT2D eigenvalue weighted by molar-refractivity contribution is 5.46. The van der Waals surface area contributed by atoms with Crippen LogP contribution in [0.5, 0.6) is 0 Å². The molecule has 0 bridgehead atoms. The fourth-order valence-corrected chi connectivity index (χ4v) is 18.9. The molecule has 6 heterocycles. The molecular weight excluding hydrogens is 1290 g/mol. The summed E-state index contributed by atoms with van der Waals surface area (Å²) in [5.41, 5.74) is 21.8. The molecule has 0 aliphatic heterocycles. The summed E-state index contributed by atoms with van der Waals surface area (Å²) in [5.74, 6) is 0. The average Bonchev–Trinajstić information content (AvgIpc) is 1.67. The van der Waals surface area contributed by atoms with Gasteiger partial charge in [-0.1, -0.05) is 315 Å². The lowest BCUT2D eigenvalue weighted by Crippen LogP contribution is -2.18. The Kier molecular flexibility index (Phi) is 35.2. The molecule has 7 aliphatic carbocycles. The van der Waals surface area contributed by atoms with E-state index in [0.29, 0.717) is 10.8 Å². The van der Waals surface area contributed by atoms with Crippen molar-refractivity contribution in [2.75, 3.05) is 0 Å². The van der Waals surface area contributed by atoms with Crippen molar-refractivity contribution in [1.82, 2.24) is 60.5 Å². The van der Waals surface area contributed by atoms with E-state index >= 15 is 0 Å². The zero-order chi connectivity index (χ0) is 81.8. The second kappa shape index (κ2) is 38.2. The molecule has 6 aromatic heterocycles. The van der Waals surface area contributed by atoms with Crippen molar-refractivity contribution in [3.63, 3.8) is 0 Å². The fourth-order valence-electron chi connectivity index (χ4n) is 18.9. The molecule has 588 valence electrons. The van der Waals surface area contributed by atoms with E-state index in [1.54, 1.807) is 48.6 Å². The molecule has 0 unspecified atom stereocenters. The molecule has 0 saturated heterocycles. The number of aromatic nitrogens is 12. The van der Waals surface area contributed by atoms with Gasteiger partial charge in [0, 0.05) is 69.7 Å². The molecule has 0 saturated carbocycles. The first-order valence-electron chi connectivity index (χ1n) is 40.5. The van der Waals surface area contributed by atoms with Gasteiger partial charge in [0.05, 0.1) is 46.6 Å². The smallest absolute Gasteiger partial charge is 0.115 e. The first-order chi connectivity index (χ1) is 48.5. The lowest BCUT2D eigenvalue weighted by molar-refractivity contribution is 0.396. The van der Waals surface area contributed by atoms with Crippen molar-refractivity contribution in [3.8, 4) is 0 Å². The summed E-state index contributed by atoms with van der Waals surface area (Å²) < 4.78 is 0. The minimum atomic E-state index is 0.188. The van der Waals surface area contributed by atoms with Gasteiger partial charge >= 0.3 is 0 Å². The Hall–Kier alpha value is -6.30. The van der Waals surface area contributed by atoms with Crippen molar-refractivity contribution in [2.45, 2.75) is 412 Å². The second-order valence-corrected chi connectivity index (χ2v) is 36.9. The lowest BCUT2D eigenvalue weighted by atomic mass is 9.82. The molecule has 0 fully saturated rings. The van der Waals surface area contributed by atoms with Crippen molar-refractivity contribution in [1.29, 1.82) is 0 Å². The predicted octanol–water partition coefficient (Wildman–Crippen LogP) is 25.4. The summed E-state index contributed by atoms with van der Waals surface area (Å²) in [6.45, 7) is 91.7. The number of benzene rings is 1. The molecule has 7 aliphatic rings. The van der Waals surface area contributed by atoms with Crippen LogP contribution >= 0.6 is 0 Å². The molecule has 14 rings (SSSR count). The lowest BCUT2D eigenvalue weighted by Gasteiger charge is -2.22. The Bertz CT molecular complexity index is 2830. The average molecular weight is 1440 g/mol. The quantitative estimate of drug-likeness (QED) is 0.142. The molecule has 7 aromatic rings. The minimum Gasteiger partial charge on any atom is -0.257 e. The maximum atomic E-state index is 4.45. The Morgan fingerprint density at radius 2 is 0.429 bits per heavy atom. The van der Waals surface area contributed by atoms with E-state index in [1.165, 1.54) is 80.4 Å². The van der Waals surface area contributed by atoms with Gasteiger partial charge in [-0.05, 0) is 145 Å². The monoisotopic (exact) mass is 1440 g/mol. The van der Waals surface area contributed by atoms with Gasteiger partial charge in [-0.25, -0.2) is 19.9 Å². The summed E-state index contributed by atoms with van der Waals surface area (Å²) in [6.07, 6.45) is 26.5. The third kappa shape index (κ3) is 23.1. The van der Waals surface area contributed by atoms with Crippen LogP contribution in [-0.2, 0) is 75.8 Å². The predicted molar refractivity (Wildman–Crippen MR) is 453 cm³/mol. The van der Waals surface area contributed by atoms with Crippen molar-refractivity contribution < 1.29 is 0 Å². The minimum absolute atomic E-state index is 0.188. The van der Waals surface area contributed by atoms with Crippen LogP contribution < -0.4 is 0 Å². The van der Waals surface area contributed by atoms with Gasteiger partial charge in [-0.2, -0.15) is 30.6 Å². The van der Waals surface area contributed by atoms with Crippen molar-refractivity contribution in [2.24, 2.45) is 0 Å². The van der Waals surface area contributed by atoms with Crippen LogP contribution in [0.25, 0.3) is 0 Å². The molecule has 105 heavy (non-hydrogen) atoms. The van der Waals surface area contributed by atoms with E-state index in [1.807, 2.05) is 122 Å². The number of nitrogens with zero attached hydrogens (tertiary/aromatic N) is 12. The molecule has 12 nitrogen and oxygen atoms in total. The molecule has 0 spiro atoms. The van der Waals surface area contributed by atoms with Gasteiger partial charge in [0.25, 0.3) is 0 Å². The molecule has 0 atom stereocenters. The van der Waals surface area contributed by atoms with Crippen LogP contribution in [0, 0.1) is 0 Å². The van der Waals surface area contributed by atoms with Crippen LogP contribution in [0.15, 0.2) is 98.6 Å². The first kappa shape index (κ1) is 96.7.